The maximum atomic E-state index is 12.3. The number of amides is 1. The monoisotopic (exact) mass is 365 g/mol. The maximum absolute atomic E-state index is 12.3. The molecule has 3 aliphatic rings. The molecular formula is C19H35N5O2. The molecule has 1 N–H and O–H groups in total. The van der Waals surface area contributed by atoms with Crippen molar-refractivity contribution in [2.24, 2.45) is 10.9 Å². The lowest BCUT2D eigenvalue weighted by molar-refractivity contribution is 0.0137. The number of carbonyl (C=O) groups excluding carboxylic acids is 1. The molecule has 1 atom stereocenters. The molecule has 1 unspecified atom stereocenters. The van der Waals surface area contributed by atoms with E-state index in [4.69, 9.17) is 4.74 Å². The molecule has 7 nitrogen and oxygen atoms in total. The first-order chi connectivity index (χ1) is 12.3. The van der Waals surface area contributed by atoms with E-state index in [2.05, 4.69) is 27.2 Å². The molecule has 26 heavy (non-hydrogen) atoms. The van der Waals surface area contributed by atoms with Gasteiger partial charge in [0.05, 0.1) is 12.6 Å². The fourth-order valence-electron chi connectivity index (χ4n) is 3.96. The summed E-state index contributed by atoms with van der Waals surface area (Å²) in [6.45, 7) is 12.1. The van der Waals surface area contributed by atoms with E-state index in [0.29, 0.717) is 13.1 Å². The van der Waals surface area contributed by atoms with Crippen LogP contribution >= 0.6 is 0 Å². The molecule has 2 saturated heterocycles. The number of rotatable bonds is 3. The smallest absolute Gasteiger partial charge is 0.410 e. The van der Waals surface area contributed by atoms with Crippen molar-refractivity contribution in [3.05, 3.63) is 0 Å². The Balaban J connectivity index is 1.40. The van der Waals surface area contributed by atoms with Crippen molar-refractivity contribution >= 4 is 12.1 Å². The van der Waals surface area contributed by atoms with Crippen LogP contribution in [-0.4, -0.2) is 91.3 Å². The van der Waals surface area contributed by atoms with Crippen molar-refractivity contribution in [3.63, 3.8) is 0 Å². The first kappa shape index (κ1) is 19.3. The lowest BCUT2D eigenvalue weighted by Gasteiger charge is -2.39. The summed E-state index contributed by atoms with van der Waals surface area (Å²) < 4.78 is 5.50. The predicted octanol–water partition coefficient (Wildman–Crippen LogP) is 1.60. The average molecular weight is 366 g/mol. The zero-order valence-corrected chi connectivity index (χ0v) is 16.8. The van der Waals surface area contributed by atoms with Crippen LogP contribution in [0.15, 0.2) is 4.99 Å². The Kier molecular flexibility index (Phi) is 5.95. The summed E-state index contributed by atoms with van der Waals surface area (Å²) in [6.07, 6.45) is 3.62. The third-order valence-corrected chi connectivity index (χ3v) is 5.53. The molecule has 3 aliphatic heterocycles. The number of piperidine rings is 1. The van der Waals surface area contributed by atoms with Gasteiger partial charge in [-0.2, -0.15) is 0 Å². The second kappa shape index (κ2) is 8.03. The van der Waals surface area contributed by atoms with Gasteiger partial charge in [0.25, 0.3) is 0 Å². The highest BCUT2D eigenvalue weighted by Crippen LogP contribution is 2.20. The van der Waals surface area contributed by atoms with Crippen LogP contribution in [0, 0.1) is 5.92 Å². The van der Waals surface area contributed by atoms with Gasteiger partial charge in [0.15, 0.2) is 5.96 Å². The molecule has 148 valence electrons. The topological polar surface area (TPSA) is 60.4 Å². The molecule has 2 fully saturated rings. The van der Waals surface area contributed by atoms with E-state index in [9.17, 15) is 4.79 Å². The van der Waals surface area contributed by atoms with Crippen LogP contribution < -0.4 is 5.32 Å². The number of nitrogens with zero attached hydrogens (tertiary/aromatic N) is 4. The van der Waals surface area contributed by atoms with Crippen molar-refractivity contribution in [2.45, 2.75) is 51.7 Å². The van der Waals surface area contributed by atoms with E-state index in [-0.39, 0.29) is 12.1 Å². The summed E-state index contributed by atoms with van der Waals surface area (Å²) in [7, 11) is 2.21. The zero-order chi connectivity index (χ0) is 18.7. The third-order valence-electron chi connectivity index (χ3n) is 5.53. The van der Waals surface area contributed by atoms with Crippen LogP contribution in [0.4, 0.5) is 4.79 Å². The minimum atomic E-state index is -0.443. The number of fused-ring (bicyclic) bond motifs is 1. The Hall–Kier alpha value is -1.50. The number of hydrogen-bond donors (Lipinski definition) is 1. The van der Waals surface area contributed by atoms with Gasteiger partial charge in [-0.05, 0) is 66.1 Å². The Morgan fingerprint density at radius 2 is 1.96 bits per heavy atom. The molecule has 0 aromatic heterocycles. The number of ether oxygens (including phenoxy) is 1. The van der Waals surface area contributed by atoms with E-state index in [0.717, 1.165) is 31.5 Å². The predicted molar refractivity (Wildman–Crippen MR) is 103 cm³/mol. The standard InChI is InChI=1S/C19H35N5O2/c1-19(2,3)26-18(25)23-11-12-24-16(14-23)13-21-17(24)20-8-5-15-6-9-22(4)10-7-15/h15-16H,5-14H2,1-4H3,(H,20,21). The Morgan fingerprint density at radius 3 is 2.65 bits per heavy atom. The lowest BCUT2D eigenvalue weighted by Crippen LogP contribution is -2.57. The van der Waals surface area contributed by atoms with E-state index in [1.807, 2.05) is 25.7 Å². The lowest BCUT2D eigenvalue weighted by atomic mass is 9.94. The first-order valence-electron chi connectivity index (χ1n) is 10.0. The van der Waals surface area contributed by atoms with Gasteiger partial charge < -0.3 is 24.8 Å². The molecule has 0 spiro atoms. The summed E-state index contributed by atoms with van der Waals surface area (Å²) in [5, 5.41) is 3.55. The van der Waals surface area contributed by atoms with Gasteiger partial charge >= 0.3 is 6.09 Å². The Morgan fingerprint density at radius 1 is 1.23 bits per heavy atom. The number of hydrogen-bond acceptors (Lipinski definition) is 6. The fourth-order valence-corrected chi connectivity index (χ4v) is 3.96. The molecule has 0 saturated carbocycles. The van der Waals surface area contributed by atoms with Crippen molar-refractivity contribution in [3.8, 4) is 0 Å². The van der Waals surface area contributed by atoms with Gasteiger partial charge in [-0.15, -0.1) is 0 Å². The molecule has 0 bridgehead atoms. The van der Waals surface area contributed by atoms with Crippen LogP contribution in [0.3, 0.4) is 0 Å². The van der Waals surface area contributed by atoms with Crippen LogP contribution in [-0.2, 0) is 4.74 Å². The van der Waals surface area contributed by atoms with E-state index in [1.54, 1.807) is 0 Å². The van der Waals surface area contributed by atoms with Crippen molar-refractivity contribution in [1.82, 2.24) is 20.0 Å². The minimum absolute atomic E-state index is 0.208. The first-order valence-corrected chi connectivity index (χ1v) is 10.0. The number of nitrogens with one attached hydrogen (secondary N) is 1. The normalized spacial score (nSPS) is 25.1. The number of aliphatic imine (C=N–C) groups is 1. The largest absolute Gasteiger partial charge is 0.444 e. The highest BCUT2D eigenvalue weighted by atomic mass is 16.6. The van der Waals surface area contributed by atoms with Crippen LogP contribution in [0.2, 0.25) is 0 Å². The Labute approximate surface area is 157 Å². The molecular weight excluding hydrogens is 330 g/mol. The summed E-state index contributed by atoms with van der Waals surface area (Å²) in [4.78, 5) is 23.5. The summed E-state index contributed by atoms with van der Waals surface area (Å²) in [5.74, 6) is 1.85. The Bertz CT molecular complexity index is 523. The quantitative estimate of drug-likeness (QED) is 0.823. The minimum Gasteiger partial charge on any atom is -0.444 e. The van der Waals surface area contributed by atoms with Gasteiger partial charge in [0.2, 0.25) is 0 Å². The molecule has 0 aromatic carbocycles. The maximum Gasteiger partial charge on any atom is 0.410 e. The average Bonchev–Trinajstić information content (AvgIpc) is 2.97. The van der Waals surface area contributed by atoms with Crippen molar-refractivity contribution in [2.75, 3.05) is 52.9 Å². The fraction of sp³-hybridized carbons (Fsp3) is 0.895. The molecule has 3 rings (SSSR count). The van der Waals surface area contributed by atoms with Gasteiger partial charge in [-0.3, -0.25) is 4.99 Å². The summed E-state index contributed by atoms with van der Waals surface area (Å²) in [6, 6.07) is 0.280. The highest BCUT2D eigenvalue weighted by Gasteiger charge is 2.36. The van der Waals surface area contributed by atoms with E-state index < -0.39 is 5.60 Å². The number of guanidine groups is 1. The number of piperazine rings is 1. The molecule has 7 heteroatoms. The van der Waals surface area contributed by atoms with E-state index >= 15 is 0 Å². The molecule has 0 radical (unpaired) electrons. The summed E-state index contributed by atoms with van der Waals surface area (Å²) >= 11 is 0. The molecule has 0 aromatic rings. The van der Waals surface area contributed by atoms with Gasteiger partial charge in [0, 0.05) is 26.2 Å². The zero-order valence-electron chi connectivity index (χ0n) is 16.8. The summed E-state index contributed by atoms with van der Waals surface area (Å²) in [5.41, 5.74) is -0.443. The second-order valence-corrected chi connectivity index (χ2v) is 8.90. The van der Waals surface area contributed by atoms with Gasteiger partial charge in [-0.25, -0.2) is 4.79 Å². The number of likely N-dealkylation sites (tertiary alicyclic amines) is 1. The van der Waals surface area contributed by atoms with Crippen LogP contribution in [0.1, 0.15) is 40.0 Å². The van der Waals surface area contributed by atoms with Crippen LogP contribution in [0.5, 0.6) is 0 Å². The second-order valence-electron chi connectivity index (χ2n) is 8.90. The van der Waals surface area contributed by atoms with Crippen molar-refractivity contribution in [1.29, 1.82) is 0 Å². The van der Waals surface area contributed by atoms with Crippen LogP contribution in [0.25, 0.3) is 0 Å². The highest BCUT2D eigenvalue weighted by molar-refractivity contribution is 5.82. The van der Waals surface area contributed by atoms with E-state index in [1.165, 1.54) is 32.4 Å². The number of carbonyl (C=O) groups is 1. The van der Waals surface area contributed by atoms with Crippen molar-refractivity contribution < 1.29 is 9.53 Å². The SMILES string of the molecule is CN1CCC(CCNC2=NCC3CN(C(=O)OC(C)(C)C)CCN23)CC1. The molecule has 1 amide bonds. The molecule has 0 aliphatic carbocycles. The molecule has 3 heterocycles. The third kappa shape index (κ3) is 5.02. The van der Waals surface area contributed by atoms with Gasteiger partial charge in [0.1, 0.15) is 5.60 Å². The van der Waals surface area contributed by atoms with Gasteiger partial charge in [-0.1, -0.05) is 0 Å².